The van der Waals surface area contributed by atoms with Crippen molar-refractivity contribution < 1.29 is 4.74 Å². The molecular weight excluding hydrogens is 572 g/mol. The predicted molar refractivity (Wildman–Crippen MR) is 214 cm³/mol. The average Bonchev–Trinajstić information content (AvgIpc) is 3.05. The van der Waals surface area contributed by atoms with Gasteiger partial charge in [-0.15, -0.1) is 0 Å². The zero-order chi connectivity index (χ0) is 34.5. The Hall–Kier alpha value is -1.16. The molecule has 0 fully saturated rings. The minimum Gasteiger partial charge on any atom is -0.375 e. The molecule has 2 unspecified atom stereocenters. The lowest BCUT2D eigenvalue weighted by atomic mass is 10.0. The van der Waals surface area contributed by atoms with Gasteiger partial charge in [-0.2, -0.15) is 0 Å². The Morgan fingerprint density at radius 3 is 1.04 bits per heavy atom. The highest BCUT2D eigenvalue weighted by atomic mass is 16.5. The van der Waals surface area contributed by atoms with E-state index in [1.165, 1.54) is 141 Å². The summed E-state index contributed by atoms with van der Waals surface area (Å²) in [4.78, 5) is 4.64. The molecule has 0 aromatic rings. The van der Waals surface area contributed by atoms with Gasteiger partial charge in [0.15, 0.2) is 0 Å². The molecular formula is C44H84N2O. The monoisotopic (exact) mass is 657 g/mol. The second kappa shape index (κ2) is 37.7. The number of ether oxygens (including phenoxy) is 1. The zero-order valence-electron chi connectivity index (χ0n) is 32.9. The van der Waals surface area contributed by atoms with Crippen LogP contribution in [-0.2, 0) is 4.74 Å². The highest BCUT2D eigenvalue weighted by molar-refractivity contribution is 4.93. The molecule has 0 bridgehead atoms. The maximum atomic E-state index is 6.91. The summed E-state index contributed by atoms with van der Waals surface area (Å²) in [6.45, 7) is 6.78. The number of unbranched alkanes of at least 4 members (excludes halogenated alkanes) is 16. The zero-order valence-corrected chi connectivity index (χ0v) is 32.9. The van der Waals surface area contributed by atoms with Crippen LogP contribution >= 0.6 is 0 Å². The Balaban J connectivity index is 4.27. The fourth-order valence-corrected chi connectivity index (χ4v) is 6.00. The molecule has 0 aliphatic rings. The first-order chi connectivity index (χ1) is 23.0. The summed E-state index contributed by atoms with van der Waals surface area (Å²) in [6.07, 6.45) is 53.1. The normalized spacial score (nSPS) is 14.0. The van der Waals surface area contributed by atoms with Gasteiger partial charge in [0, 0.05) is 0 Å². The first-order valence-corrected chi connectivity index (χ1v) is 20.5. The fraction of sp³-hybridized carbons (Fsp3) is 0.818. The van der Waals surface area contributed by atoms with E-state index >= 15 is 0 Å². The summed E-state index contributed by atoms with van der Waals surface area (Å²) in [7, 11) is 8.78. The quantitative estimate of drug-likeness (QED) is 0.0493. The third-order valence-corrected chi connectivity index (χ3v) is 9.13. The van der Waals surface area contributed by atoms with Crippen LogP contribution in [0.25, 0.3) is 0 Å². The van der Waals surface area contributed by atoms with E-state index in [4.69, 9.17) is 4.74 Å². The molecule has 3 nitrogen and oxygen atoms in total. The number of rotatable bonds is 36. The first kappa shape index (κ1) is 45.8. The van der Waals surface area contributed by atoms with Crippen LogP contribution in [0.4, 0.5) is 0 Å². The number of nitrogens with zero attached hydrogens (tertiary/aromatic N) is 2. The van der Waals surface area contributed by atoms with Crippen molar-refractivity contribution >= 4 is 0 Å². The van der Waals surface area contributed by atoms with Crippen LogP contribution in [0.15, 0.2) is 48.6 Å². The van der Waals surface area contributed by atoms with Crippen molar-refractivity contribution in [2.75, 3.05) is 41.3 Å². The van der Waals surface area contributed by atoms with Gasteiger partial charge in [0.25, 0.3) is 0 Å². The van der Waals surface area contributed by atoms with Crippen LogP contribution in [-0.4, -0.2) is 63.3 Å². The summed E-state index contributed by atoms with van der Waals surface area (Å²) in [5, 5.41) is 0. The molecule has 0 radical (unpaired) electrons. The van der Waals surface area contributed by atoms with Gasteiger partial charge in [0.2, 0.25) is 0 Å². The molecule has 0 rings (SSSR count). The highest BCUT2D eigenvalue weighted by Crippen LogP contribution is 2.20. The Morgan fingerprint density at radius 2 is 0.702 bits per heavy atom. The second-order valence-corrected chi connectivity index (χ2v) is 14.6. The fourth-order valence-electron chi connectivity index (χ4n) is 6.00. The van der Waals surface area contributed by atoms with Crippen LogP contribution in [0.1, 0.15) is 181 Å². The third kappa shape index (κ3) is 37.5. The van der Waals surface area contributed by atoms with Crippen molar-refractivity contribution in [3.05, 3.63) is 48.6 Å². The largest absolute Gasteiger partial charge is 0.375 e. The average molecular weight is 657 g/mol. The lowest BCUT2D eigenvalue weighted by Crippen LogP contribution is -2.29. The number of allylic oxidation sites excluding steroid dienone is 8. The minimum absolute atomic E-state index is 0.403. The van der Waals surface area contributed by atoms with Crippen LogP contribution in [0.5, 0.6) is 0 Å². The van der Waals surface area contributed by atoms with Crippen molar-refractivity contribution in [3.8, 4) is 0 Å². The van der Waals surface area contributed by atoms with Crippen molar-refractivity contribution in [1.82, 2.24) is 9.80 Å². The van der Waals surface area contributed by atoms with Gasteiger partial charge in [-0.3, -0.25) is 0 Å². The smallest absolute Gasteiger partial charge is 0.0591 e. The molecule has 0 amide bonds. The SMILES string of the molecule is CCCCC/C=C\C/C=C\CCCCCCCC(CCN(C)C)OC(CCCCCCC/C=C\C/C=C\CCCCC)CCN(C)C. The molecule has 0 saturated carbocycles. The van der Waals surface area contributed by atoms with E-state index in [0.29, 0.717) is 12.2 Å². The van der Waals surface area contributed by atoms with Gasteiger partial charge in [-0.25, -0.2) is 0 Å². The molecule has 0 aliphatic carbocycles. The van der Waals surface area contributed by atoms with Crippen molar-refractivity contribution in [2.45, 2.75) is 193 Å². The van der Waals surface area contributed by atoms with Gasteiger partial charge in [-0.1, -0.05) is 140 Å². The summed E-state index contributed by atoms with van der Waals surface area (Å²) in [5.74, 6) is 0. The summed E-state index contributed by atoms with van der Waals surface area (Å²) in [6, 6.07) is 0. The molecule has 3 heteroatoms. The molecule has 0 N–H and O–H groups in total. The lowest BCUT2D eigenvalue weighted by molar-refractivity contribution is -0.0348. The van der Waals surface area contributed by atoms with E-state index in [1.807, 2.05) is 0 Å². The maximum absolute atomic E-state index is 6.91. The van der Waals surface area contributed by atoms with E-state index in [0.717, 1.165) is 38.8 Å². The Morgan fingerprint density at radius 1 is 0.383 bits per heavy atom. The molecule has 276 valence electrons. The Bertz CT molecular complexity index is 662. The predicted octanol–water partition coefficient (Wildman–Crippen LogP) is 13.3. The summed E-state index contributed by atoms with van der Waals surface area (Å²) < 4.78 is 6.91. The van der Waals surface area contributed by atoms with E-state index in [-0.39, 0.29) is 0 Å². The summed E-state index contributed by atoms with van der Waals surface area (Å²) >= 11 is 0. The van der Waals surface area contributed by atoms with Crippen LogP contribution < -0.4 is 0 Å². The van der Waals surface area contributed by atoms with Crippen LogP contribution in [0.3, 0.4) is 0 Å². The molecule has 47 heavy (non-hydrogen) atoms. The molecule has 0 saturated heterocycles. The Kier molecular flexibility index (Phi) is 36.7. The van der Waals surface area contributed by atoms with E-state index in [9.17, 15) is 0 Å². The molecule has 0 spiro atoms. The van der Waals surface area contributed by atoms with Crippen LogP contribution in [0, 0.1) is 0 Å². The molecule has 0 aromatic heterocycles. The molecule has 0 heterocycles. The van der Waals surface area contributed by atoms with Crippen molar-refractivity contribution in [3.63, 3.8) is 0 Å². The minimum atomic E-state index is 0.403. The highest BCUT2D eigenvalue weighted by Gasteiger charge is 2.17. The van der Waals surface area contributed by atoms with Crippen molar-refractivity contribution in [2.24, 2.45) is 0 Å². The van der Waals surface area contributed by atoms with Crippen molar-refractivity contribution in [1.29, 1.82) is 0 Å². The van der Waals surface area contributed by atoms with E-state index < -0.39 is 0 Å². The Labute approximate surface area is 296 Å². The lowest BCUT2D eigenvalue weighted by Gasteiger charge is -2.27. The van der Waals surface area contributed by atoms with Gasteiger partial charge < -0.3 is 14.5 Å². The second-order valence-electron chi connectivity index (χ2n) is 14.6. The molecule has 0 aromatic carbocycles. The van der Waals surface area contributed by atoms with Gasteiger partial charge >= 0.3 is 0 Å². The molecule has 2 atom stereocenters. The topological polar surface area (TPSA) is 15.7 Å². The van der Waals surface area contributed by atoms with Gasteiger partial charge in [0.1, 0.15) is 0 Å². The first-order valence-electron chi connectivity index (χ1n) is 20.5. The van der Waals surface area contributed by atoms with E-state index in [2.05, 4.69) is 100 Å². The maximum Gasteiger partial charge on any atom is 0.0591 e. The standard InChI is InChI=1S/C44H84N2O/c1-7-9-11-13-15-17-19-21-23-25-27-29-31-33-35-37-43(39-41-45(3)4)47-44(40-42-46(5)6)38-36-34-32-30-28-26-24-22-20-18-16-14-12-10-8-2/h15-18,21-24,43-44H,7-14,19-20,25-42H2,1-6H3/b17-15-,18-16-,23-21-,24-22-. The van der Waals surface area contributed by atoms with E-state index in [1.54, 1.807) is 0 Å². The van der Waals surface area contributed by atoms with Crippen LogP contribution in [0.2, 0.25) is 0 Å². The molecule has 0 aliphatic heterocycles. The number of hydrogen-bond donors (Lipinski definition) is 0. The number of hydrogen-bond acceptors (Lipinski definition) is 3. The van der Waals surface area contributed by atoms with Gasteiger partial charge in [0.05, 0.1) is 12.2 Å². The third-order valence-electron chi connectivity index (χ3n) is 9.13. The summed E-state index contributed by atoms with van der Waals surface area (Å²) in [5.41, 5.74) is 0. The van der Waals surface area contributed by atoms with Gasteiger partial charge in [-0.05, 0) is 131 Å².